The van der Waals surface area contributed by atoms with Gasteiger partial charge in [-0.25, -0.2) is 9.37 Å². The summed E-state index contributed by atoms with van der Waals surface area (Å²) in [6.07, 6.45) is 0. The summed E-state index contributed by atoms with van der Waals surface area (Å²) in [6, 6.07) is 12.4. The van der Waals surface area contributed by atoms with Crippen LogP contribution in [0, 0.1) is 5.82 Å². The molecule has 2 amide bonds. The minimum atomic E-state index is -0.468. The quantitative estimate of drug-likeness (QED) is 0.447. The Morgan fingerprint density at radius 1 is 1.11 bits per heavy atom. The number of rotatable bonds is 5. The van der Waals surface area contributed by atoms with Crippen LogP contribution in [-0.4, -0.2) is 32.7 Å². The first-order valence-corrected chi connectivity index (χ1v) is 9.04. The van der Waals surface area contributed by atoms with Crippen molar-refractivity contribution in [2.24, 2.45) is 0 Å². The summed E-state index contributed by atoms with van der Waals surface area (Å²) in [6.45, 7) is 0. The fraction of sp³-hybridized carbons (Fsp3) is 0.0588. The highest BCUT2D eigenvalue weighted by Gasteiger charge is 2.12. The van der Waals surface area contributed by atoms with Crippen LogP contribution in [0.1, 0.15) is 10.4 Å². The molecule has 0 bridgehead atoms. The smallest absolute Gasteiger partial charge is 0.269 e. The van der Waals surface area contributed by atoms with Crippen molar-refractivity contribution in [2.45, 2.75) is 5.16 Å². The molecule has 0 fully saturated rings. The lowest BCUT2D eigenvalue weighted by molar-refractivity contribution is -0.119. The Morgan fingerprint density at radius 2 is 1.85 bits per heavy atom. The number of carbonyl (C=O) groups is 2. The molecular weight excluding hydrogens is 393 g/mol. The molecule has 3 rings (SSSR count). The molecule has 0 radical (unpaired) electrons. The van der Waals surface area contributed by atoms with Crippen molar-refractivity contribution < 1.29 is 14.0 Å². The van der Waals surface area contributed by atoms with E-state index < -0.39 is 17.6 Å². The van der Waals surface area contributed by atoms with Gasteiger partial charge in [0.1, 0.15) is 5.82 Å². The van der Waals surface area contributed by atoms with E-state index in [1.54, 1.807) is 30.3 Å². The number of halogens is 2. The number of nitrogens with one attached hydrogen (secondary N) is 3. The second-order valence-electron chi connectivity index (χ2n) is 5.24. The summed E-state index contributed by atoms with van der Waals surface area (Å²) in [5, 5.41) is 7.36. The number of hydrazine groups is 1. The predicted octanol–water partition coefficient (Wildman–Crippen LogP) is 2.82. The maximum Gasteiger partial charge on any atom is 0.269 e. The maximum atomic E-state index is 13.7. The summed E-state index contributed by atoms with van der Waals surface area (Å²) in [4.78, 5) is 27.9. The van der Waals surface area contributed by atoms with Gasteiger partial charge in [0.05, 0.1) is 11.3 Å². The Hall–Kier alpha value is -2.91. The summed E-state index contributed by atoms with van der Waals surface area (Å²) in [5.41, 5.74) is 5.24. The van der Waals surface area contributed by atoms with Gasteiger partial charge in [-0.15, -0.1) is 5.10 Å². The fourth-order valence-corrected chi connectivity index (χ4v) is 2.78. The molecule has 0 aliphatic rings. The van der Waals surface area contributed by atoms with E-state index in [4.69, 9.17) is 11.6 Å². The van der Waals surface area contributed by atoms with Crippen LogP contribution in [0.3, 0.4) is 0 Å². The van der Waals surface area contributed by atoms with E-state index in [0.29, 0.717) is 10.6 Å². The molecule has 7 nitrogen and oxygen atoms in total. The van der Waals surface area contributed by atoms with Crippen LogP contribution >= 0.6 is 23.4 Å². The molecule has 0 aliphatic carbocycles. The predicted molar refractivity (Wildman–Crippen MR) is 99.6 cm³/mol. The number of aromatic nitrogens is 3. The second kappa shape index (κ2) is 8.65. The lowest BCUT2D eigenvalue weighted by atomic mass is 10.2. The van der Waals surface area contributed by atoms with Gasteiger partial charge in [0.2, 0.25) is 11.1 Å². The van der Waals surface area contributed by atoms with Crippen molar-refractivity contribution in [1.82, 2.24) is 26.0 Å². The van der Waals surface area contributed by atoms with Crippen LogP contribution in [-0.2, 0) is 4.79 Å². The number of hydrogen-bond acceptors (Lipinski definition) is 5. The highest BCUT2D eigenvalue weighted by Crippen LogP contribution is 2.21. The van der Waals surface area contributed by atoms with Gasteiger partial charge in [0.15, 0.2) is 5.82 Å². The molecule has 1 heterocycles. The summed E-state index contributed by atoms with van der Waals surface area (Å²) >= 11 is 6.80. The van der Waals surface area contributed by atoms with Gasteiger partial charge in [0, 0.05) is 10.6 Å². The van der Waals surface area contributed by atoms with E-state index in [1.165, 1.54) is 18.2 Å². The number of amides is 2. The molecular formula is C17H13ClFN5O2S. The van der Waals surface area contributed by atoms with Gasteiger partial charge >= 0.3 is 0 Å². The summed E-state index contributed by atoms with van der Waals surface area (Å²) in [7, 11) is 0. The van der Waals surface area contributed by atoms with E-state index >= 15 is 0 Å². The molecule has 138 valence electrons. The van der Waals surface area contributed by atoms with E-state index in [-0.39, 0.29) is 22.3 Å². The summed E-state index contributed by atoms with van der Waals surface area (Å²) < 4.78 is 13.7. The molecule has 3 aromatic rings. The number of nitrogens with zero attached hydrogens (tertiary/aromatic N) is 2. The molecule has 10 heteroatoms. The number of benzene rings is 2. The Labute approximate surface area is 162 Å². The first-order valence-electron chi connectivity index (χ1n) is 7.68. The third-order valence-electron chi connectivity index (χ3n) is 3.35. The van der Waals surface area contributed by atoms with Crippen LogP contribution < -0.4 is 10.9 Å². The molecule has 1 aromatic heterocycles. The van der Waals surface area contributed by atoms with Crippen LogP contribution in [0.25, 0.3) is 11.4 Å². The van der Waals surface area contributed by atoms with Crippen LogP contribution in [0.4, 0.5) is 4.39 Å². The van der Waals surface area contributed by atoms with E-state index in [2.05, 4.69) is 26.0 Å². The Morgan fingerprint density at radius 3 is 2.59 bits per heavy atom. The Bertz CT molecular complexity index is 964. The third-order valence-corrected chi connectivity index (χ3v) is 4.45. The van der Waals surface area contributed by atoms with E-state index in [0.717, 1.165) is 11.8 Å². The lowest BCUT2D eigenvalue weighted by Crippen LogP contribution is -2.42. The minimum Gasteiger partial charge on any atom is -0.272 e. The average molecular weight is 406 g/mol. The largest absolute Gasteiger partial charge is 0.272 e. The standard InChI is InChI=1S/C17H13ClFN5O2S/c18-11-7-5-10(6-8-11)16(26)23-21-14(25)9-27-17-20-15(22-24-17)12-3-1-2-4-13(12)19/h1-8H,9H2,(H,21,25)(H,23,26)(H,20,22,24). The average Bonchev–Trinajstić information content (AvgIpc) is 3.14. The Balaban J connectivity index is 1.49. The van der Waals surface area contributed by atoms with Gasteiger partial charge in [0.25, 0.3) is 5.91 Å². The molecule has 0 saturated heterocycles. The van der Waals surface area contributed by atoms with Crippen molar-refractivity contribution in [2.75, 3.05) is 5.75 Å². The van der Waals surface area contributed by atoms with Crippen molar-refractivity contribution in [3.63, 3.8) is 0 Å². The zero-order chi connectivity index (χ0) is 19.2. The SMILES string of the molecule is O=C(CSc1n[nH]c(-c2ccccc2F)n1)NNC(=O)c1ccc(Cl)cc1. The first kappa shape index (κ1) is 18.9. The number of H-pyrrole nitrogens is 1. The number of carbonyl (C=O) groups excluding carboxylic acids is 2. The van der Waals surface area contributed by atoms with E-state index in [1.807, 2.05) is 0 Å². The number of thioether (sulfide) groups is 1. The van der Waals surface area contributed by atoms with Gasteiger partial charge in [-0.3, -0.25) is 25.5 Å². The van der Waals surface area contributed by atoms with Crippen LogP contribution in [0.5, 0.6) is 0 Å². The second-order valence-corrected chi connectivity index (χ2v) is 6.62. The zero-order valence-electron chi connectivity index (χ0n) is 13.7. The van der Waals surface area contributed by atoms with Gasteiger partial charge in [-0.2, -0.15) is 0 Å². The molecule has 0 spiro atoms. The van der Waals surface area contributed by atoms with Crippen molar-refractivity contribution >= 4 is 35.2 Å². The topological polar surface area (TPSA) is 99.8 Å². The Kier molecular flexibility index (Phi) is 6.05. The highest BCUT2D eigenvalue weighted by molar-refractivity contribution is 7.99. The van der Waals surface area contributed by atoms with Gasteiger partial charge in [-0.1, -0.05) is 35.5 Å². The highest BCUT2D eigenvalue weighted by atomic mass is 35.5. The molecule has 0 saturated carbocycles. The fourth-order valence-electron chi connectivity index (χ4n) is 2.05. The van der Waals surface area contributed by atoms with Gasteiger partial charge in [-0.05, 0) is 36.4 Å². The van der Waals surface area contributed by atoms with E-state index in [9.17, 15) is 14.0 Å². The lowest BCUT2D eigenvalue weighted by Gasteiger charge is -2.06. The molecule has 27 heavy (non-hydrogen) atoms. The molecule has 0 aliphatic heterocycles. The van der Waals surface area contributed by atoms with Gasteiger partial charge < -0.3 is 0 Å². The van der Waals surface area contributed by atoms with Crippen LogP contribution in [0.15, 0.2) is 53.7 Å². The first-order chi connectivity index (χ1) is 13.0. The molecule has 0 unspecified atom stereocenters. The van der Waals surface area contributed by atoms with Crippen molar-refractivity contribution in [3.05, 3.63) is 64.9 Å². The molecule has 0 atom stereocenters. The number of aromatic amines is 1. The zero-order valence-corrected chi connectivity index (χ0v) is 15.3. The minimum absolute atomic E-state index is 0.0323. The molecule has 3 N–H and O–H groups in total. The monoisotopic (exact) mass is 405 g/mol. The van der Waals surface area contributed by atoms with Crippen molar-refractivity contribution in [3.8, 4) is 11.4 Å². The van der Waals surface area contributed by atoms with Crippen LogP contribution in [0.2, 0.25) is 5.02 Å². The van der Waals surface area contributed by atoms with Crippen molar-refractivity contribution in [1.29, 1.82) is 0 Å². The molecule has 2 aromatic carbocycles. The third kappa shape index (κ3) is 5.05. The summed E-state index contributed by atoms with van der Waals surface area (Å²) in [5.74, 6) is -1.10. The maximum absolute atomic E-state index is 13.7. The normalized spacial score (nSPS) is 10.4. The number of hydrogen-bond donors (Lipinski definition) is 3.